The molecule has 0 spiro atoms. The van der Waals surface area contributed by atoms with E-state index in [2.05, 4.69) is 54.5 Å². The second-order valence-corrected chi connectivity index (χ2v) is 20.7. The summed E-state index contributed by atoms with van der Waals surface area (Å²) < 4.78 is 28.9. The number of carbonyl (C=O) groups is 5. The third kappa shape index (κ3) is 7.17. The van der Waals surface area contributed by atoms with E-state index in [4.69, 9.17) is 23.7 Å². The molecule has 11 nitrogen and oxygen atoms in total. The third-order valence-corrected chi connectivity index (χ3v) is 16.6. The Bertz CT molecular complexity index is 1630. The van der Waals surface area contributed by atoms with Crippen LogP contribution in [0.1, 0.15) is 147 Å². The average molecular weight is 785 g/mol. The monoisotopic (exact) mass is 784 g/mol. The molecule has 5 fully saturated rings. The molecule has 6 aliphatic rings. The summed E-state index contributed by atoms with van der Waals surface area (Å²) >= 11 is 0. The number of ether oxygens (including phenoxy) is 5. The van der Waals surface area contributed by atoms with Gasteiger partial charge in [0.2, 0.25) is 0 Å². The van der Waals surface area contributed by atoms with E-state index in [-0.39, 0.29) is 45.0 Å². The lowest BCUT2D eigenvalue weighted by atomic mass is 9.33. The molecule has 0 aromatic rings. The van der Waals surface area contributed by atoms with E-state index in [1.54, 1.807) is 0 Å². The van der Waals surface area contributed by atoms with Crippen molar-refractivity contribution in [1.82, 2.24) is 0 Å². The van der Waals surface area contributed by atoms with Gasteiger partial charge in [-0.05, 0) is 109 Å². The molecule has 56 heavy (non-hydrogen) atoms. The second kappa shape index (κ2) is 14.8. The zero-order valence-electron chi connectivity index (χ0n) is 35.8. The zero-order chi connectivity index (χ0) is 41.4. The number of rotatable bonds is 8. The summed E-state index contributed by atoms with van der Waals surface area (Å²) in [5, 5.41) is 12.5. The topological polar surface area (TPSA) is 152 Å². The van der Waals surface area contributed by atoms with Crippen molar-refractivity contribution in [2.45, 2.75) is 183 Å². The first kappa shape index (κ1) is 42.8. The smallest absolute Gasteiger partial charge is 0.303 e. The Morgan fingerprint density at radius 2 is 1.39 bits per heavy atom. The van der Waals surface area contributed by atoms with Crippen molar-refractivity contribution >= 4 is 29.7 Å². The predicted octanol–water partition coefficient (Wildman–Crippen LogP) is 7.23. The van der Waals surface area contributed by atoms with Crippen molar-refractivity contribution in [3.05, 3.63) is 11.6 Å². The summed E-state index contributed by atoms with van der Waals surface area (Å²) in [4.78, 5) is 62.6. The van der Waals surface area contributed by atoms with Gasteiger partial charge in [0.1, 0.15) is 24.6 Å². The van der Waals surface area contributed by atoms with E-state index in [0.29, 0.717) is 30.5 Å². The Balaban J connectivity index is 1.37. The number of ketones is 1. The summed E-state index contributed by atoms with van der Waals surface area (Å²) in [6.45, 7) is 21.1. The van der Waals surface area contributed by atoms with E-state index in [1.165, 1.54) is 33.3 Å². The molecule has 4 saturated carbocycles. The highest BCUT2D eigenvalue weighted by Crippen LogP contribution is 2.76. The fraction of sp³-hybridized carbons (Fsp3) is 0.844. The van der Waals surface area contributed by atoms with Gasteiger partial charge in [0.15, 0.2) is 18.3 Å². The number of carbonyl (C=O) groups excluding carboxylic acids is 5. The molecule has 0 amide bonds. The highest BCUT2D eigenvalue weighted by atomic mass is 16.7. The molecule has 6 rings (SSSR count). The molecular weight excluding hydrogens is 716 g/mol. The molecule has 1 heterocycles. The van der Waals surface area contributed by atoms with Crippen molar-refractivity contribution in [1.29, 1.82) is 0 Å². The van der Waals surface area contributed by atoms with Gasteiger partial charge >= 0.3 is 23.9 Å². The number of aliphatic hydroxyl groups excluding tert-OH is 1. The van der Waals surface area contributed by atoms with Gasteiger partial charge in [-0.25, -0.2) is 0 Å². The van der Waals surface area contributed by atoms with Crippen molar-refractivity contribution in [2.24, 2.45) is 50.2 Å². The molecule has 314 valence electrons. The second-order valence-electron chi connectivity index (χ2n) is 20.7. The minimum Gasteiger partial charge on any atom is -0.463 e. The number of hydrogen-bond donors (Lipinski definition) is 1. The molecule has 0 aromatic carbocycles. The number of allylic oxidation sites excluding steroid dienone is 2. The van der Waals surface area contributed by atoms with E-state index < -0.39 is 60.5 Å². The van der Waals surface area contributed by atoms with Gasteiger partial charge in [-0.3, -0.25) is 24.0 Å². The Hall–Kier alpha value is -2.79. The van der Waals surface area contributed by atoms with Crippen LogP contribution in [0, 0.1) is 50.2 Å². The largest absolute Gasteiger partial charge is 0.463 e. The number of esters is 4. The first-order chi connectivity index (χ1) is 25.9. The van der Waals surface area contributed by atoms with Crippen LogP contribution in [0.4, 0.5) is 0 Å². The lowest BCUT2D eigenvalue weighted by Gasteiger charge is -2.71. The maximum absolute atomic E-state index is 13.2. The van der Waals surface area contributed by atoms with Crippen LogP contribution >= 0.6 is 0 Å². The maximum Gasteiger partial charge on any atom is 0.303 e. The number of fused-ring (bicyclic) bond motifs is 7. The normalized spacial score (nSPS) is 42.9. The van der Waals surface area contributed by atoms with Gasteiger partial charge in [0, 0.05) is 39.5 Å². The molecule has 13 atom stereocenters. The van der Waals surface area contributed by atoms with Gasteiger partial charge in [-0.2, -0.15) is 0 Å². The molecule has 5 unspecified atom stereocenters. The van der Waals surface area contributed by atoms with E-state index in [1.807, 2.05) is 0 Å². The molecule has 5 aliphatic carbocycles. The summed E-state index contributed by atoms with van der Waals surface area (Å²) in [6, 6.07) is 0. The van der Waals surface area contributed by atoms with Crippen molar-refractivity contribution < 1.29 is 52.8 Å². The molecule has 1 N–H and O–H groups in total. The summed E-state index contributed by atoms with van der Waals surface area (Å²) in [6.07, 6.45) is 5.01. The average Bonchev–Trinajstić information content (AvgIpc) is 3.07. The van der Waals surface area contributed by atoms with Crippen LogP contribution in [0.3, 0.4) is 0 Å². The number of hydrogen-bond acceptors (Lipinski definition) is 11. The Morgan fingerprint density at radius 1 is 0.786 bits per heavy atom. The molecule has 0 radical (unpaired) electrons. The SMILES string of the molecule is CC(=O)OCC1O[C@@H]([C@H](O)C[C@]23CCC(C)(C)CC2C2=CCC4[C@@]5(C)CCC(=O)C(C)(C)C5CC[C@@]4(C)[C@]2(C)CC3)C(OC(C)=O)[C@@H](OC(C)=O)[C@H]1OC(C)=O. The van der Waals surface area contributed by atoms with Crippen LogP contribution in [0.2, 0.25) is 0 Å². The molecule has 1 saturated heterocycles. The van der Waals surface area contributed by atoms with Crippen LogP contribution in [-0.4, -0.2) is 78.0 Å². The molecule has 1 aliphatic heterocycles. The fourth-order valence-electron chi connectivity index (χ4n) is 13.6. The Morgan fingerprint density at radius 3 is 2.02 bits per heavy atom. The highest BCUT2D eigenvalue weighted by molar-refractivity contribution is 5.85. The van der Waals surface area contributed by atoms with Crippen LogP contribution in [0.15, 0.2) is 11.6 Å². The Labute approximate surface area is 333 Å². The Kier molecular flexibility index (Phi) is 11.3. The molecular formula is C45H68O11. The summed E-state index contributed by atoms with van der Waals surface area (Å²) in [5.74, 6) is -1.24. The predicted molar refractivity (Wildman–Crippen MR) is 207 cm³/mol. The van der Waals surface area contributed by atoms with Crippen LogP contribution in [-0.2, 0) is 47.7 Å². The van der Waals surface area contributed by atoms with E-state index >= 15 is 0 Å². The lowest BCUT2D eigenvalue weighted by Crippen LogP contribution is -2.66. The maximum atomic E-state index is 13.2. The quantitative estimate of drug-likeness (QED) is 0.151. The van der Waals surface area contributed by atoms with Crippen LogP contribution in [0.5, 0.6) is 0 Å². The summed E-state index contributed by atoms with van der Waals surface area (Å²) in [7, 11) is 0. The zero-order valence-corrected chi connectivity index (χ0v) is 35.8. The van der Waals surface area contributed by atoms with Crippen molar-refractivity contribution in [3.63, 3.8) is 0 Å². The number of aliphatic hydroxyl groups is 1. The standard InChI is InChI=1S/C45H68O11/c1-25(46)52-24-32-37(53-26(2)47)39(55-28(4)49)38(54-27(3)48)36(56-32)31(50)23-45-20-18-40(5,6)22-30(45)29-12-13-34-42(9)16-15-35(51)41(7,8)33(42)14-17-44(34,11)43(29,10)19-21-45/h12,30-34,36-39,50H,13-24H2,1-11H3/t30?,31-,32?,33?,34?,36+,37+,38?,39+,42+,43-,44-,45-/m1/s1. The highest BCUT2D eigenvalue weighted by Gasteiger charge is 2.69. The van der Waals surface area contributed by atoms with Gasteiger partial charge < -0.3 is 28.8 Å². The first-order valence-corrected chi connectivity index (χ1v) is 21.1. The van der Waals surface area contributed by atoms with E-state index in [9.17, 15) is 29.1 Å². The summed E-state index contributed by atoms with van der Waals surface area (Å²) in [5.41, 5.74) is 1.05. The van der Waals surface area contributed by atoms with Gasteiger partial charge in [0.05, 0.1) is 6.10 Å². The first-order valence-electron chi connectivity index (χ1n) is 21.1. The lowest BCUT2D eigenvalue weighted by molar-refractivity contribution is -0.269. The number of Topliss-reactive ketones (excluding diaryl/α,β-unsaturated/α-hetero) is 1. The van der Waals surface area contributed by atoms with Crippen molar-refractivity contribution in [3.8, 4) is 0 Å². The van der Waals surface area contributed by atoms with E-state index in [0.717, 1.165) is 57.8 Å². The van der Waals surface area contributed by atoms with Crippen molar-refractivity contribution in [2.75, 3.05) is 6.61 Å². The third-order valence-electron chi connectivity index (χ3n) is 16.6. The van der Waals surface area contributed by atoms with Crippen LogP contribution in [0.25, 0.3) is 0 Å². The van der Waals surface area contributed by atoms with Crippen LogP contribution < -0.4 is 0 Å². The molecule has 0 bridgehead atoms. The fourth-order valence-corrected chi connectivity index (χ4v) is 13.6. The molecule has 0 aromatic heterocycles. The minimum absolute atomic E-state index is 0.0466. The van der Waals surface area contributed by atoms with Gasteiger partial charge in [-0.1, -0.05) is 60.1 Å². The van der Waals surface area contributed by atoms with Gasteiger partial charge in [-0.15, -0.1) is 0 Å². The minimum atomic E-state index is -1.32. The molecule has 11 heteroatoms. The van der Waals surface area contributed by atoms with Gasteiger partial charge in [0.25, 0.3) is 0 Å².